The van der Waals surface area contributed by atoms with Gasteiger partial charge in [0.1, 0.15) is 6.04 Å². The minimum atomic E-state index is -0.544. The molecule has 5 heteroatoms. The van der Waals surface area contributed by atoms with Crippen LogP contribution in [0.5, 0.6) is 0 Å². The molecule has 0 radical (unpaired) electrons. The zero-order valence-electron chi connectivity index (χ0n) is 16.8. The number of nitrogens with zero attached hydrogens (tertiary/aromatic N) is 1. The third-order valence-electron chi connectivity index (χ3n) is 4.52. The summed E-state index contributed by atoms with van der Waals surface area (Å²) in [6, 6.07) is 17.2. The summed E-state index contributed by atoms with van der Waals surface area (Å²) in [5, 5.41) is 3.02. The molecule has 28 heavy (non-hydrogen) atoms. The fourth-order valence-electron chi connectivity index (χ4n) is 2.97. The summed E-state index contributed by atoms with van der Waals surface area (Å²) in [7, 11) is 0. The maximum Gasteiger partial charge on any atom is 0.243 e. The zero-order valence-corrected chi connectivity index (χ0v) is 18.4. The van der Waals surface area contributed by atoms with Crippen molar-refractivity contribution in [2.75, 3.05) is 6.54 Å². The fraction of sp³-hybridized carbons (Fsp3) is 0.391. The number of halogens is 1. The van der Waals surface area contributed by atoms with Gasteiger partial charge in [-0.2, -0.15) is 0 Å². The first-order valence-corrected chi connectivity index (χ1v) is 10.6. The molecule has 150 valence electrons. The maximum absolute atomic E-state index is 13.0. The van der Waals surface area contributed by atoms with E-state index in [2.05, 4.69) is 35.1 Å². The Morgan fingerprint density at radius 3 is 2.21 bits per heavy atom. The van der Waals surface area contributed by atoms with E-state index in [1.807, 2.05) is 61.5 Å². The third-order valence-corrected chi connectivity index (χ3v) is 5.05. The summed E-state index contributed by atoms with van der Waals surface area (Å²) in [5.74, 6) is 0.225. The Balaban J connectivity index is 2.31. The topological polar surface area (TPSA) is 49.4 Å². The molecule has 0 fully saturated rings. The molecule has 1 N–H and O–H groups in total. The Labute approximate surface area is 176 Å². The van der Waals surface area contributed by atoms with Crippen molar-refractivity contribution in [3.05, 3.63) is 70.2 Å². The second-order valence-electron chi connectivity index (χ2n) is 7.35. The van der Waals surface area contributed by atoms with Gasteiger partial charge in [0.15, 0.2) is 0 Å². The van der Waals surface area contributed by atoms with Crippen molar-refractivity contribution in [1.82, 2.24) is 10.2 Å². The highest BCUT2D eigenvalue weighted by Gasteiger charge is 2.29. The molecule has 2 amide bonds. The number of rotatable bonds is 9. The lowest BCUT2D eigenvalue weighted by Crippen LogP contribution is -2.50. The Morgan fingerprint density at radius 2 is 1.64 bits per heavy atom. The monoisotopic (exact) mass is 444 g/mol. The van der Waals surface area contributed by atoms with E-state index < -0.39 is 6.04 Å². The van der Waals surface area contributed by atoms with Crippen LogP contribution in [0.25, 0.3) is 0 Å². The number of benzene rings is 2. The van der Waals surface area contributed by atoms with Gasteiger partial charge < -0.3 is 10.2 Å². The summed E-state index contributed by atoms with van der Waals surface area (Å²) < 4.78 is 0.986. The van der Waals surface area contributed by atoms with E-state index in [0.29, 0.717) is 31.8 Å². The molecular weight excluding hydrogens is 416 g/mol. The predicted octanol–water partition coefficient (Wildman–Crippen LogP) is 4.57. The number of carbonyl (C=O) groups excluding carboxylic acids is 2. The number of nitrogens with one attached hydrogen (secondary N) is 1. The summed E-state index contributed by atoms with van der Waals surface area (Å²) in [6.07, 6.45) is 0.853. The van der Waals surface area contributed by atoms with E-state index in [1.54, 1.807) is 4.90 Å². The van der Waals surface area contributed by atoms with Gasteiger partial charge >= 0.3 is 0 Å². The third kappa shape index (κ3) is 6.79. The van der Waals surface area contributed by atoms with E-state index >= 15 is 0 Å². The number of hydrogen-bond donors (Lipinski definition) is 1. The molecule has 0 aliphatic carbocycles. The van der Waals surface area contributed by atoms with Gasteiger partial charge in [-0.3, -0.25) is 9.59 Å². The number of hydrogen-bond acceptors (Lipinski definition) is 2. The Kier molecular flexibility index (Phi) is 8.71. The average Bonchev–Trinajstić information content (AvgIpc) is 2.70. The van der Waals surface area contributed by atoms with Crippen LogP contribution >= 0.6 is 15.9 Å². The van der Waals surface area contributed by atoms with E-state index in [4.69, 9.17) is 0 Å². The summed E-state index contributed by atoms with van der Waals surface area (Å²) in [6.45, 7) is 6.96. The first-order valence-electron chi connectivity index (χ1n) is 9.76. The maximum atomic E-state index is 13.0. The summed E-state index contributed by atoms with van der Waals surface area (Å²) >= 11 is 3.44. The van der Waals surface area contributed by atoms with Crippen LogP contribution in [-0.2, 0) is 22.6 Å². The molecular formula is C23H29BrN2O2. The highest BCUT2D eigenvalue weighted by molar-refractivity contribution is 9.10. The Morgan fingerprint density at radius 1 is 1.00 bits per heavy atom. The Hall–Kier alpha value is -2.14. The first-order chi connectivity index (χ1) is 13.4. The molecule has 0 unspecified atom stereocenters. The molecule has 0 saturated carbocycles. The van der Waals surface area contributed by atoms with Gasteiger partial charge in [-0.15, -0.1) is 0 Å². The van der Waals surface area contributed by atoms with Gasteiger partial charge in [0, 0.05) is 30.4 Å². The first kappa shape index (κ1) is 22.2. The van der Waals surface area contributed by atoms with Crippen molar-refractivity contribution in [3.8, 4) is 0 Å². The highest BCUT2D eigenvalue weighted by atomic mass is 79.9. The highest BCUT2D eigenvalue weighted by Crippen LogP contribution is 2.17. The molecule has 0 spiro atoms. The van der Waals surface area contributed by atoms with Crippen LogP contribution in [-0.4, -0.2) is 29.3 Å². The van der Waals surface area contributed by atoms with Crippen molar-refractivity contribution >= 4 is 27.7 Å². The average molecular weight is 445 g/mol. The molecule has 0 aliphatic rings. The number of carbonyl (C=O) groups is 2. The number of amides is 2. The van der Waals surface area contributed by atoms with Gasteiger partial charge in [-0.25, -0.2) is 0 Å². The fourth-order valence-corrected chi connectivity index (χ4v) is 3.23. The standard InChI is InChI=1S/C23H29BrN2O2/c1-4-22(27)26(16-19-10-12-20(24)13-11-19)21(23(28)25-15-17(2)3)14-18-8-6-5-7-9-18/h5-13,17,21H,4,14-16H2,1-3H3,(H,25,28)/t21-/m1/s1. The molecule has 2 aromatic rings. The van der Waals surface area contributed by atoms with Crippen LogP contribution in [0.2, 0.25) is 0 Å². The smallest absolute Gasteiger partial charge is 0.243 e. The molecule has 2 rings (SSSR count). The minimum absolute atomic E-state index is 0.0245. The van der Waals surface area contributed by atoms with Crippen LogP contribution in [0.1, 0.15) is 38.3 Å². The summed E-state index contributed by atoms with van der Waals surface area (Å²) in [5.41, 5.74) is 2.04. The molecule has 0 bridgehead atoms. The van der Waals surface area contributed by atoms with E-state index in [0.717, 1.165) is 15.6 Å². The van der Waals surface area contributed by atoms with Crippen LogP contribution in [0.4, 0.5) is 0 Å². The lowest BCUT2D eigenvalue weighted by Gasteiger charge is -2.31. The molecule has 4 nitrogen and oxygen atoms in total. The van der Waals surface area contributed by atoms with E-state index in [9.17, 15) is 9.59 Å². The SMILES string of the molecule is CCC(=O)N(Cc1ccc(Br)cc1)[C@H](Cc1ccccc1)C(=O)NCC(C)C. The van der Waals surface area contributed by atoms with Crippen LogP contribution in [0, 0.1) is 5.92 Å². The predicted molar refractivity (Wildman–Crippen MR) is 117 cm³/mol. The molecule has 0 aromatic heterocycles. The summed E-state index contributed by atoms with van der Waals surface area (Å²) in [4.78, 5) is 27.6. The Bertz CT molecular complexity index is 760. The van der Waals surface area contributed by atoms with E-state index in [1.165, 1.54) is 0 Å². The molecule has 0 saturated heterocycles. The minimum Gasteiger partial charge on any atom is -0.354 e. The van der Waals surface area contributed by atoms with Crippen molar-refractivity contribution in [2.24, 2.45) is 5.92 Å². The zero-order chi connectivity index (χ0) is 20.5. The molecule has 1 atom stereocenters. The molecule has 0 aliphatic heterocycles. The van der Waals surface area contributed by atoms with Gasteiger partial charge in [-0.1, -0.05) is 79.2 Å². The normalized spacial score (nSPS) is 11.9. The quantitative estimate of drug-likeness (QED) is 0.615. The van der Waals surface area contributed by atoms with Crippen molar-refractivity contribution < 1.29 is 9.59 Å². The van der Waals surface area contributed by atoms with Crippen LogP contribution in [0.3, 0.4) is 0 Å². The largest absolute Gasteiger partial charge is 0.354 e. The van der Waals surface area contributed by atoms with Crippen molar-refractivity contribution in [3.63, 3.8) is 0 Å². The van der Waals surface area contributed by atoms with Crippen molar-refractivity contribution in [2.45, 2.75) is 46.2 Å². The van der Waals surface area contributed by atoms with E-state index in [-0.39, 0.29) is 11.8 Å². The van der Waals surface area contributed by atoms with Gasteiger partial charge in [0.25, 0.3) is 0 Å². The second-order valence-corrected chi connectivity index (χ2v) is 8.26. The molecule has 0 heterocycles. The lowest BCUT2D eigenvalue weighted by atomic mass is 10.0. The van der Waals surface area contributed by atoms with Gasteiger partial charge in [0.2, 0.25) is 11.8 Å². The lowest BCUT2D eigenvalue weighted by molar-refractivity contribution is -0.141. The second kappa shape index (κ2) is 11.0. The molecule has 2 aromatic carbocycles. The van der Waals surface area contributed by atoms with Crippen molar-refractivity contribution in [1.29, 1.82) is 0 Å². The van der Waals surface area contributed by atoms with Crippen LogP contribution in [0.15, 0.2) is 59.1 Å². The van der Waals surface area contributed by atoms with Crippen LogP contribution < -0.4 is 5.32 Å². The van der Waals surface area contributed by atoms with Gasteiger partial charge in [-0.05, 0) is 29.2 Å². The van der Waals surface area contributed by atoms with Gasteiger partial charge in [0.05, 0.1) is 0 Å².